The number of hydrogen-bond acceptors (Lipinski definition) is 2. The van der Waals surface area contributed by atoms with Crippen molar-refractivity contribution >= 4 is 11.8 Å². The molecule has 1 heterocycles. The summed E-state index contributed by atoms with van der Waals surface area (Å²) in [5.41, 5.74) is -0.0280. The van der Waals surface area contributed by atoms with E-state index in [1.54, 1.807) is 0 Å². The first-order valence-electron chi connectivity index (χ1n) is 6.07. The fourth-order valence-corrected chi connectivity index (χ4v) is 4.06. The van der Waals surface area contributed by atoms with Crippen LogP contribution in [0.25, 0.3) is 0 Å². The Morgan fingerprint density at radius 3 is 2.88 bits per heavy atom. The quantitative estimate of drug-likeness (QED) is 0.565. The topological polar surface area (TPSA) is 46.2 Å². The highest BCUT2D eigenvalue weighted by Crippen LogP contribution is 2.60. The van der Waals surface area contributed by atoms with Gasteiger partial charge in [-0.1, -0.05) is 26.0 Å². The first-order valence-corrected chi connectivity index (χ1v) is 6.07. The van der Waals surface area contributed by atoms with E-state index in [2.05, 4.69) is 31.3 Å². The third-order valence-corrected chi connectivity index (χ3v) is 4.35. The predicted molar refractivity (Wildman–Crippen MR) is 59.3 cm³/mol. The molecule has 3 rings (SSSR count). The van der Waals surface area contributed by atoms with Gasteiger partial charge in [-0.2, -0.15) is 0 Å². The molecule has 0 aromatic carbocycles. The second-order valence-electron chi connectivity index (χ2n) is 5.92. The number of nitrogens with one attached hydrogen (secondary N) is 1. The summed E-state index contributed by atoms with van der Waals surface area (Å²) in [6, 6.07) is 0. The van der Waals surface area contributed by atoms with Crippen molar-refractivity contribution < 1.29 is 9.59 Å². The fraction of sp³-hybridized carbons (Fsp3) is 0.692. The van der Waals surface area contributed by atoms with Gasteiger partial charge >= 0.3 is 0 Å². The lowest BCUT2D eigenvalue weighted by Crippen LogP contribution is -2.33. The van der Waals surface area contributed by atoms with E-state index in [0.29, 0.717) is 11.8 Å². The van der Waals surface area contributed by atoms with Crippen LogP contribution < -0.4 is 5.32 Å². The number of carbonyl (C=O) groups is 2. The van der Waals surface area contributed by atoms with Crippen LogP contribution in [0.4, 0.5) is 0 Å². The summed E-state index contributed by atoms with van der Waals surface area (Å²) >= 11 is 0. The van der Waals surface area contributed by atoms with E-state index in [0.717, 1.165) is 12.8 Å². The lowest BCUT2D eigenvalue weighted by Gasteiger charge is -2.31. The molecule has 16 heavy (non-hydrogen) atoms. The van der Waals surface area contributed by atoms with Gasteiger partial charge in [0, 0.05) is 5.41 Å². The zero-order valence-corrected chi connectivity index (χ0v) is 9.69. The van der Waals surface area contributed by atoms with Crippen LogP contribution in [-0.4, -0.2) is 11.8 Å². The third-order valence-electron chi connectivity index (χ3n) is 4.35. The number of carbonyl (C=O) groups excluding carboxylic acids is 2. The normalized spacial score (nSPS) is 44.3. The Balaban J connectivity index is 2.00. The molecule has 86 valence electrons. The summed E-state index contributed by atoms with van der Waals surface area (Å²) in [6.07, 6.45) is 6.38. The largest absolute Gasteiger partial charge is 0.296 e. The Labute approximate surface area is 95.3 Å². The zero-order valence-electron chi connectivity index (χ0n) is 9.69. The standard InChI is InChI=1S/C13H17NO2/c1-7(2)5-13-4-3-8(6-13)9-10(13)12(16)14-11(9)15/h3-4,7-10H,5-6H2,1-2H3,(H,14,15,16). The first-order chi connectivity index (χ1) is 7.53. The van der Waals surface area contributed by atoms with Crippen molar-refractivity contribution in [2.24, 2.45) is 29.1 Å². The van der Waals surface area contributed by atoms with Crippen molar-refractivity contribution in [3.8, 4) is 0 Å². The minimum Gasteiger partial charge on any atom is -0.296 e. The van der Waals surface area contributed by atoms with Crippen molar-refractivity contribution in [1.82, 2.24) is 5.32 Å². The fourth-order valence-electron chi connectivity index (χ4n) is 4.06. The number of allylic oxidation sites excluding steroid dienone is 2. The van der Waals surface area contributed by atoms with Gasteiger partial charge in [-0.05, 0) is 24.7 Å². The molecule has 3 nitrogen and oxygen atoms in total. The Bertz CT molecular complexity index is 399. The molecule has 1 saturated carbocycles. The molecule has 0 spiro atoms. The molecule has 0 aromatic heterocycles. The molecule has 2 amide bonds. The van der Waals surface area contributed by atoms with E-state index < -0.39 is 0 Å². The van der Waals surface area contributed by atoms with Crippen LogP contribution in [0.3, 0.4) is 0 Å². The van der Waals surface area contributed by atoms with E-state index in [9.17, 15) is 9.59 Å². The van der Waals surface area contributed by atoms with Crippen molar-refractivity contribution in [2.75, 3.05) is 0 Å². The van der Waals surface area contributed by atoms with Crippen LogP contribution in [0.5, 0.6) is 0 Å². The summed E-state index contributed by atoms with van der Waals surface area (Å²) in [5.74, 6) is 0.618. The van der Waals surface area contributed by atoms with E-state index in [-0.39, 0.29) is 29.1 Å². The summed E-state index contributed by atoms with van der Waals surface area (Å²) in [5, 5.41) is 2.50. The van der Waals surface area contributed by atoms with Crippen molar-refractivity contribution in [3.05, 3.63) is 12.2 Å². The van der Waals surface area contributed by atoms with Crippen LogP contribution >= 0.6 is 0 Å². The Kier molecular flexibility index (Phi) is 1.86. The van der Waals surface area contributed by atoms with Crippen LogP contribution in [0.2, 0.25) is 0 Å². The molecule has 1 saturated heterocycles. The van der Waals surface area contributed by atoms with Crippen molar-refractivity contribution in [2.45, 2.75) is 26.7 Å². The van der Waals surface area contributed by atoms with Gasteiger partial charge in [0.15, 0.2) is 0 Å². The molecule has 0 aromatic rings. The average Bonchev–Trinajstić information content (AvgIpc) is 2.77. The van der Waals surface area contributed by atoms with E-state index >= 15 is 0 Å². The summed E-state index contributed by atoms with van der Waals surface area (Å²) in [7, 11) is 0. The molecule has 0 radical (unpaired) electrons. The van der Waals surface area contributed by atoms with Crippen LogP contribution in [0.15, 0.2) is 12.2 Å². The highest BCUT2D eigenvalue weighted by molar-refractivity contribution is 6.06. The molecular formula is C13H17NO2. The molecule has 2 aliphatic carbocycles. The van der Waals surface area contributed by atoms with Gasteiger partial charge in [-0.15, -0.1) is 0 Å². The van der Waals surface area contributed by atoms with Crippen LogP contribution in [0.1, 0.15) is 26.7 Å². The van der Waals surface area contributed by atoms with E-state index in [1.165, 1.54) is 0 Å². The van der Waals surface area contributed by atoms with Gasteiger partial charge in [0.05, 0.1) is 11.8 Å². The predicted octanol–water partition coefficient (Wildman–Crippen LogP) is 1.50. The number of rotatable bonds is 2. The van der Waals surface area contributed by atoms with Crippen molar-refractivity contribution in [1.29, 1.82) is 0 Å². The van der Waals surface area contributed by atoms with E-state index in [4.69, 9.17) is 0 Å². The third kappa shape index (κ3) is 1.09. The molecule has 4 atom stereocenters. The van der Waals surface area contributed by atoms with Gasteiger partial charge < -0.3 is 0 Å². The molecule has 2 fully saturated rings. The molecule has 1 N–H and O–H groups in total. The SMILES string of the molecule is CC(C)CC12C=CC(C1)C1C(=O)NC(=O)C12. The summed E-state index contributed by atoms with van der Waals surface area (Å²) in [4.78, 5) is 23.6. The highest BCUT2D eigenvalue weighted by Gasteiger charge is 2.63. The molecule has 3 aliphatic rings. The van der Waals surface area contributed by atoms with Crippen LogP contribution in [0, 0.1) is 29.1 Å². The maximum Gasteiger partial charge on any atom is 0.231 e. The van der Waals surface area contributed by atoms with Crippen molar-refractivity contribution in [3.63, 3.8) is 0 Å². The number of hydrogen-bond donors (Lipinski definition) is 1. The maximum absolute atomic E-state index is 11.9. The smallest absolute Gasteiger partial charge is 0.231 e. The second-order valence-corrected chi connectivity index (χ2v) is 5.92. The highest BCUT2D eigenvalue weighted by atomic mass is 16.2. The molecule has 1 aliphatic heterocycles. The lowest BCUT2D eigenvalue weighted by atomic mass is 9.70. The number of fused-ring (bicyclic) bond motifs is 5. The van der Waals surface area contributed by atoms with Gasteiger partial charge in [0.1, 0.15) is 0 Å². The number of amides is 2. The van der Waals surface area contributed by atoms with Gasteiger partial charge in [-0.3, -0.25) is 14.9 Å². The first kappa shape index (κ1) is 10.1. The number of imide groups is 1. The molecule has 3 heteroatoms. The maximum atomic E-state index is 11.9. The van der Waals surface area contributed by atoms with Gasteiger partial charge in [0.2, 0.25) is 11.8 Å². The average molecular weight is 219 g/mol. The molecule has 4 unspecified atom stereocenters. The molecular weight excluding hydrogens is 202 g/mol. The Hall–Kier alpha value is -1.12. The monoisotopic (exact) mass is 219 g/mol. The Morgan fingerprint density at radius 1 is 1.44 bits per heavy atom. The summed E-state index contributed by atoms with van der Waals surface area (Å²) < 4.78 is 0. The lowest BCUT2D eigenvalue weighted by molar-refractivity contribution is -0.127. The minimum atomic E-state index is -0.0857. The van der Waals surface area contributed by atoms with E-state index in [1.807, 2.05) is 0 Å². The minimum absolute atomic E-state index is 0.0280. The molecule has 2 bridgehead atoms. The van der Waals surface area contributed by atoms with Crippen LogP contribution in [-0.2, 0) is 9.59 Å². The second kappa shape index (κ2) is 2.96. The van der Waals surface area contributed by atoms with Gasteiger partial charge in [0.25, 0.3) is 0 Å². The summed E-state index contributed by atoms with van der Waals surface area (Å²) in [6.45, 7) is 4.36. The van der Waals surface area contributed by atoms with Gasteiger partial charge in [-0.25, -0.2) is 0 Å². The zero-order chi connectivity index (χ0) is 11.5. The Morgan fingerprint density at radius 2 is 2.19 bits per heavy atom.